The zero-order valence-corrected chi connectivity index (χ0v) is 10.3. The molecule has 19 heavy (non-hydrogen) atoms. The van der Waals surface area contributed by atoms with Crippen LogP contribution in [-0.2, 0) is 16.1 Å². The van der Waals surface area contributed by atoms with Crippen LogP contribution in [0.2, 0.25) is 0 Å². The largest absolute Gasteiger partial charge is 0.508 e. The maximum Gasteiger partial charge on any atom is 0.352 e. The predicted molar refractivity (Wildman–Crippen MR) is 67.2 cm³/mol. The Kier molecular flexibility index (Phi) is 3.41. The molecule has 0 atom stereocenters. The van der Waals surface area contributed by atoms with Crippen molar-refractivity contribution in [2.75, 3.05) is 6.61 Å². The number of carboxylic acids is 1. The maximum atomic E-state index is 11.5. The van der Waals surface area contributed by atoms with Crippen LogP contribution in [-0.4, -0.2) is 33.3 Å². The van der Waals surface area contributed by atoms with E-state index in [9.17, 15) is 14.7 Å². The Bertz CT molecular complexity index is 644. The molecule has 0 saturated carbocycles. The lowest BCUT2D eigenvalue weighted by molar-refractivity contribution is -0.143. The summed E-state index contributed by atoms with van der Waals surface area (Å²) in [6.07, 6.45) is 0. The van der Waals surface area contributed by atoms with Crippen molar-refractivity contribution in [3.8, 4) is 5.75 Å². The van der Waals surface area contributed by atoms with E-state index in [0.717, 1.165) is 0 Å². The standard InChI is InChI=1S/C13H13NO5/c1-2-19-12(16)7-14-10-4-3-9(15)5-8(10)6-11(14)13(17)18/h3-6,15H,2,7H2,1H3,(H,17,18). The number of esters is 1. The van der Waals surface area contributed by atoms with E-state index in [4.69, 9.17) is 9.84 Å². The fourth-order valence-corrected chi connectivity index (χ4v) is 1.94. The summed E-state index contributed by atoms with van der Waals surface area (Å²) in [6.45, 7) is 1.74. The quantitative estimate of drug-likeness (QED) is 0.818. The zero-order valence-electron chi connectivity index (χ0n) is 10.3. The van der Waals surface area contributed by atoms with Gasteiger partial charge in [-0.15, -0.1) is 0 Å². The van der Waals surface area contributed by atoms with Crippen LogP contribution >= 0.6 is 0 Å². The highest BCUT2D eigenvalue weighted by Crippen LogP contribution is 2.24. The molecule has 1 heterocycles. The van der Waals surface area contributed by atoms with Crippen molar-refractivity contribution in [1.82, 2.24) is 4.57 Å². The Balaban J connectivity index is 2.52. The Morgan fingerprint density at radius 3 is 2.68 bits per heavy atom. The van der Waals surface area contributed by atoms with Gasteiger partial charge >= 0.3 is 11.9 Å². The van der Waals surface area contributed by atoms with Crippen LogP contribution in [0.5, 0.6) is 5.75 Å². The molecular formula is C13H13NO5. The first-order chi connectivity index (χ1) is 9.02. The van der Waals surface area contributed by atoms with E-state index < -0.39 is 11.9 Å². The van der Waals surface area contributed by atoms with Crippen molar-refractivity contribution in [2.24, 2.45) is 0 Å². The van der Waals surface area contributed by atoms with Gasteiger partial charge < -0.3 is 19.5 Å². The summed E-state index contributed by atoms with van der Waals surface area (Å²) in [7, 11) is 0. The summed E-state index contributed by atoms with van der Waals surface area (Å²) in [5, 5.41) is 19.1. The van der Waals surface area contributed by atoms with Crippen molar-refractivity contribution in [1.29, 1.82) is 0 Å². The minimum Gasteiger partial charge on any atom is -0.508 e. The molecule has 1 aromatic heterocycles. The first-order valence-corrected chi connectivity index (χ1v) is 5.74. The van der Waals surface area contributed by atoms with Crippen molar-refractivity contribution >= 4 is 22.8 Å². The maximum absolute atomic E-state index is 11.5. The lowest BCUT2D eigenvalue weighted by atomic mass is 10.2. The van der Waals surface area contributed by atoms with Gasteiger partial charge in [0.25, 0.3) is 0 Å². The van der Waals surface area contributed by atoms with E-state index in [1.54, 1.807) is 13.0 Å². The number of rotatable bonds is 4. The van der Waals surface area contributed by atoms with E-state index in [0.29, 0.717) is 10.9 Å². The zero-order chi connectivity index (χ0) is 14.0. The van der Waals surface area contributed by atoms with Gasteiger partial charge in [-0.3, -0.25) is 4.79 Å². The number of hydrogen-bond acceptors (Lipinski definition) is 4. The first-order valence-electron chi connectivity index (χ1n) is 5.74. The molecule has 0 unspecified atom stereocenters. The number of phenolic OH excluding ortho intramolecular Hbond substituents is 1. The smallest absolute Gasteiger partial charge is 0.352 e. The molecule has 6 nitrogen and oxygen atoms in total. The summed E-state index contributed by atoms with van der Waals surface area (Å²) in [6, 6.07) is 5.87. The number of carbonyl (C=O) groups is 2. The number of aromatic carboxylic acids is 1. The molecule has 0 fully saturated rings. The van der Waals surface area contributed by atoms with Gasteiger partial charge in [-0.2, -0.15) is 0 Å². The van der Waals surface area contributed by atoms with E-state index in [-0.39, 0.29) is 24.6 Å². The number of phenols is 1. The summed E-state index contributed by atoms with van der Waals surface area (Å²) in [4.78, 5) is 22.7. The minimum absolute atomic E-state index is 0.0198. The van der Waals surface area contributed by atoms with Gasteiger partial charge in [-0.05, 0) is 31.2 Å². The fourth-order valence-electron chi connectivity index (χ4n) is 1.94. The van der Waals surface area contributed by atoms with Gasteiger partial charge in [-0.1, -0.05) is 0 Å². The normalized spacial score (nSPS) is 10.6. The molecule has 0 aliphatic rings. The minimum atomic E-state index is -1.14. The van der Waals surface area contributed by atoms with Gasteiger partial charge in [0.05, 0.1) is 6.61 Å². The molecule has 0 radical (unpaired) electrons. The third-order valence-electron chi connectivity index (χ3n) is 2.70. The number of ether oxygens (including phenoxy) is 1. The second-order valence-electron chi connectivity index (χ2n) is 3.97. The van der Waals surface area contributed by atoms with E-state index in [2.05, 4.69) is 0 Å². The average molecular weight is 263 g/mol. The van der Waals surface area contributed by atoms with E-state index >= 15 is 0 Å². The molecule has 2 aromatic rings. The van der Waals surface area contributed by atoms with Crippen LogP contribution in [0.25, 0.3) is 10.9 Å². The fraction of sp³-hybridized carbons (Fsp3) is 0.231. The highest BCUT2D eigenvalue weighted by Gasteiger charge is 2.17. The molecule has 100 valence electrons. The van der Waals surface area contributed by atoms with Gasteiger partial charge in [-0.25, -0.2) is 4.79 Å². The highest BCUT2D eigenvalue weighted by atomic mass is 16.5. The Hall–Kier alpha value is -2.50. The van der Waals surface area contributed by atoms with Gasteiger partial charge in [0, 0.05) is 10.9 Å². The number of aromatic nitrogens is 1. The van der Waals surface area contributed by atoms with Crippen LogP contribution in [0, 0.1) is 0 Å². The van der Waals surface area contributed by atoms with Crippen molar-refractivity contribution < 1.29 is 24.5 Å². The van der Waals surface area contributed by atoms with Gasteiger partial charge in [0.1, 0.15) is 18.0 Å². The molecule has 0 aliphatic heterocycles. The lowest BCUT2D eigenvalue weighted by Gasteiger charge is -2.07. The summed E-state index contributed by atoms with van der Waals surface area (Å²) < 4.78 is 6.18. The molecule has 2 N–H and O–H groups in total. The van der Waals surface area contributed by atoms with Crippen LogP contribution in [0.3, 0.4) is 0 Å². The van der Waals surface area contributed by atoms with Crippen molar-refractivity contribution in [2.45, 2.75) is 13.5 Å². The number of hydrogen-bond donors (Lipinski definition) is 2. The topological polar surface area (TPSA) is 88.8 Å². The number of fused-ring (bicyclic) bond motifs is 1. The second-order valence-corrected chi connectivity index (χ2v) is 3.97. The predicted octanol–water partition coefficient (Wildman–Crippen LogP) is 1.61. The van der Waals surface area contributed by atoms with Crippen LogP contribution in [0.1, 0.15) is 17.4 Å². The summed E-state index contributed by atoms with van der Waals surface area (Å²) >= 11 is 0. The van der Waals surface area contributed by atoms with Crippen LogP contribution in [0.4, 0.5) is 0 Å². The molecule has 0 spiro atoms. The molecule has 0 bridgehead atoms. The third-order valence-corrected chi connectivity index (χ3v) is 2.70. The lowest BCUT2D eigenvalue weighted by Crippen LogP contribution is -2.17. The van der Waals surface area contributed by atoms with E-state index in [1.807, 2.05) is 0 Å². The number of nitrogens with zero attached hydrogens (tertiary/aromatic N) is 1. The Morgan fingerprint density at radius 2 is 2.05 bits per heavy atom. The van der Waals surface area contributed by atoms with Crippen LogP contribution in [0.15, 0.2) is 24.3 Å². The number of aromatic hydroxyl groups is 1. The third kappa shape index (κ3) is 2.52. The highest BCUT2D eigenvalue weighted by molar-refractivity contribution is 5.95. The Labute approximate surface area is 108 Å². The number of benzene rings is 1. The van der Waals surface area contributed by atoms with Gasteiger partial charge in [0.2, 0.25) is 0 Å². The second kappa shape index (κ2) is 5.01. The summed E-state index contributed by atoms with van der Waals surface area (Å²) in [5.41, 5.74) is 0.539. The number of carboxylic acid groups (broad SMARTS) is 1. The molecule has 0 aliphatic carbocycles. The monoisotopic (exact) mass is 263 g/mol. The molecule has 0 amide bonds. The number of carbonyl (C=O) groups excluding carboxylic acids is 1. The van der Waals surface area contributed by atoms with Crippen molar-refractivity contribution in [3.63, 3.8) is 0 Å². The molecule has 0 saturated heterocycles. The van der Waals surface area contributed by atoms with Gasteiger partial charge in [0.15, 0.2) is 0 Å². The molecule has 6 heteroatoms. The van der Waals surface area contributed by atoms with E-state index in [1.165, 1.54) is 22.8 Å². The Morgan fingerprint density at radius 1 is 1.32 bits per heavy atom. The van der Waals surface area contributed by atoms with Crippen molar-refractivity contribution in [3.05, 3.63) is 30.0 Å². The molecule has 2 rings (SSSR count). The average Bonchev–Trinajstić information content (AvgIpc) is 2.67. The SMILES string of the molecule is CCOC(=O)Cn1c(C(=O)O)cc2cc(O)ccc21. The molecule has 1 aromatic carbocycles. The summed E-state index contributed by atoms with van der Waals surface area (Å²) in [5.74, 6) is -1.60. The molecular weight excluding hydrogens is 250 g/mol. The first kappa shape index (κ1) is 12.9. The van der Waals surface area contributed by atoms with Crippen LogP contribution < -0.4 is 0 Å².